The molecular formula is C16H26N6O2. The summed E-state index contributed by atoms with van der Waals surface area (Å²) < 4.78 is 7.17. The summed E-state index contributed by atoms with van der Waals surface area (Å²) >= 11 is 0. The zero-order valence-corrected chi connectivity index (χ0v) is 14.8. The van der Waals surface area contributed by atoms with Crippen LogP contribution < -0.4 is 10.9 Å². The van der Waals surface area contributed by atoms with E-state index in [0.717, 1.165) is 26.3 Å². The molecule has 1 atom stereocenters. The number of aromatic amines is 1. The first-order valence-corrected chi connectivity index (χ1v) is 8.40. The van der Waals surface area contributed by atoms with E-state index in [9.17, 15) is 4.79 Å². The third-order valence-electron chi connectivity index (χ3n) is 4.31. The Labute approximate surface area is 141 Å². The summed E-state index contributed by atoms with van der Waals surface area (Å²) in [4.78, 5) is 22.0. The van der Waals surface area contributed by atoms with Crippen LogP contribution in [0, 0.1) is 0 Å². The fraction of sp³-hybridized carbons (Fsp3) is 0.688. The molecule has 1 saturated heterocycles. The standard InChI is InChI=1S/C16H26N6O2/c1-11(21-5-7-24-8-6-21)9-17-15-19-13-12(14(23)20-15)10-18-22(13)16(2,3)4/h10-11H,5-9H2,1-4H3,(H2,17,19,20,23). The van der Waals surface area contributed by atoms with Gasteiger partial charge in [0.2, 0.25) is 5.95 Å². The first-order valence-electron chi connectivity index (χ1n) is 8.40. The number of hydrogen-bond acceptors (Lipinski definition) is 6. The third-order valence-corrected chi connectivity index (χ3v) is 4.31. The molecule has 0 radical (unpaired) electrons. The van der Waals surface area contributed by atoms with Crippen molar-refractivity contribution in [3.05, 3.63) is 16.6 Å². The Bertz CT molecular complexity index is 754. The van der Waals surface area contributed by atoms with Gasteiger partial charge in [-0.1, -0.05) is 0 Å². The van der Waals surface area contributed by atoms with Crippen LogP contribution in [-0.4, -0.2) is 63.5 Å². The summed E-state index contributed by atoms with van der Waals surface area (Å²) in [6.45, 7) is 12.4. The summed E-state index contributed by atoms with van der Waals surface area (Å²) in [5.74, 6) is 0.485. The lowest BCUT2D eigenvalue weighted by molar-refractivity contribution is 0.0227. The minimum absolute atomic E-state index is 0.169. The molecule has 24 heavy (non-hydrogen) atoms. The highest BCUT2D eigenvalue weighted by Gasteiger charge is 2.20. The predicted octanol–water partition coefficient (Wildman–Crippen LogP) is 1.01. The number of morpholine rings is 1. The summed E-state index contributed by atoms with van der Waals surface area (Å²) in [7, 11) is 0. The van der Waals surface area contributed by atoms with Crippen molar-refractivity contribution < 1.29 is 4.74 Å². The molecule has 2 aromatic rings. The fourth-order valence-corrected chi connectivity index (χ4v) is 2.88. The number of aromatic nitrogens is 4. The molecule has 2 aromatic heterocycles. The highest BCUT2D eigenvalue weighted by Crippen LogP contribution is 2.18. The maximum atomic E-state index is 12.3. The SMILES string of the molecule is CC(CNc1nc2c(cnn2C(C)(C)C)c(=O)[nH]1)N1CCOCC1. The molecule has 8 heteroatoms. The number of nitrogens with zero attached hydrogens (tertiary/aromatic N) is 4. The van der Waals surface area contributed by atoms with Gasteiger partial charge in [-0.2, -0.15) is 10.1 Å². The molecule has 0 spiro atoms. The minimum Gasteiger partial charge on any atom is -0.379 e. The van der Waals surface area contributed by atoms with E-state index >= 15 is 0 Å². The molecule has 8 nitrogen and oxygen atoms in total. The molecule has 132 valence electrons. The second kappa shape index (κ2) is 6.52. The maximum Gasteiger partial charge on any atom is 0.263 e. The van der Waals surface area contributed by atoms with E-state index < -0.39 is 0 Å². The maximum absolute atomic E-state index is 12.3. The first kappa shape index (κ1) is 16.9. The van der Waals surface area contributed by atoms with Crippen LogP contribution in [0.1, 0.15) is 27.7 Å². The van der Waals surface area contributed by atoms with Gasteiger partial charge in [0, 0.05) is 25.7 Å². The molecule has 3 heterocycles. The topological polar surface area (TPSA) is 88.1 Å². The van der Waals surface area contributed by atoms with Crippen LogP contribution in [-0.2, 0) is 10.3 Å². The molecule has 1 fully saturated rings. The van der Waals surface area contributed by atoms with Crippen LogP contribution in [0.2, 0.25) is 0 Å². The number of rotatable bonds is 4. The van der Waals surface area contributed by atoms with Crippen molar-refractivity contribution in [3.8, 4) is 0 Å². The van der Waals surface area contributed by atoms with Crippen molar-refractivity contribution in [2.75, 3.05) is 38.2 Å². The third kappa shape index (κ3) is 3.44. The number of fused-ring (bicyclic) bond motifs is 1. The highest BCUT2D eigenvalue weighted by atomic mass is 16.5. The lowest BCUT2D eigenvalue weighted by atomic mass is 10.1. The Balaban J connectivity index is 1.78. The van der Waals surface area contributed by atoms with Gasteiger partial charge in [0.15, 0.2) is 5.65 Å². The van der Waals surface area contributed by atoms with Gasteiger partial charge in [0.05, 0.1) is 24.9 Å². The molecule has 0 bridgehead atoms. The van der Waals surface area contributed by atoms with Gasteiger partial charge in [-0.05, 0) is 27.7 Å². The first-order chi connectivity index (χ1) is 11.4. The van der Waals surface area contributed by atoms with E-state index in [0.29, 0.717) is 29.6 Å². The molecule has 0 aliphatic carbocycles. The van der Waals surface area contributed by atoms with Crippen LogP contribution in [0.3, 0.4) is 0 Å². The Morgan fingerprint density at radius 2 is 2.08 bits per heavy atom. The molecule has 0 saturated carbocycles. The molecule has 3 rings (SSSR count). The van der Waals surface area contributed by atoms with Crippen LogP contribution in [0.4, 0.5) is 5.95 Å². The Morgan fingerprint density at radius 3 is 2.75 bits per heavy atom. The van der Waals surface area contributed by atoms with E-state index in [1.165, 1.54) is 0 Å². The van der Waals surface area contributed by atoms with E-state index in [-0.39, 0.29) is 11.1 Å². The Hall–Kier alpha value is -1.93. The lowest BCUT2D eigenvalue weighted by Gasteiger charge is -2.32. The molecule has 1 unspecified atom stereocenters. The zero-order valence-electron chi connectivity index (χ0n) is 14.8. The molecular weight excluding hydrogens is 308 g/mol. The Morgan fingerprint density at radius 1 is 1.38 bits per heavy atom. The molecule has 1 aliphatic heterocycles. The van der Waals surface area contributed by atoms with Crippen LogP contribution in [0.5, 0.6) is 0 Å². The molecule has 2 N–H and O–H groups in total. The molecule has 0 aromatic carbocycles. The van der Waals surface area contributed by atoms with Crippen molar-refractivity contribution in [1.82, 2.24) is 24.6 Å². The van der Waals surface area contributed by atoms with E-state index in [2.05, 4.69) is 32.2 Å². The number of nitrogens with one attached hydrogen (secondary N) is 2. The van der Waals surface area contributed by atoms with Crippen LogP contribution >= 0.6 is 0 Å². The second-order valence-electron chi connectivity index (χ2n) is 7.26. The largest absolute Gasteiger partial charge is 0.379 e. The van der Waals surface area contributed by atoms with Crippen molar-refractivity contribution >= 4 is 17.0 Å². The second-order valence-corrected chi connectivity index (χ2v) is 7.26. The zero-order chi connectivity index (χ0) is 17.3. The summed E-state index contributed by atoms with van der Waals surface area (Å²) in [5, 5.41) is 8.09. The summed E-state index contributed by atoms with van der Waals surface area (Å²) in [5.41, 5.74) is 0.200. The summed E-state index contributed by atoms with van der Waals surface area (Å²) in [6.07, 6.45) is 1.58. The van der Waals surface area contributed by atoms with Gasteiger partial charge in [0.1, 0.15) is 5.39 Å². The quantitative estimate of drug-likeness (QED) is 0.867. The van der Waals surface area contributed by atoms with E-state index in [1.54, 1.807) is 10.9 Å². The van der Waals surface area contributed by atoms with Gasteiger partial charge < -0.3 is 10.1 Å². The predicted molar refractivity (Wildman–Crippen MR) is 93.5 cm³/mol. The monoisotopic (exact) mass is 334 g/mol. The number of anilines is 1. The highest BCUT2D eigenvalue weighted by molar-refractivity contribution is 5.74. The van der Waals surface area contributed by atoms with Gasteiger partial charge in [-0.25, -0.2) is 4.68 Å². The van der Waals surface area contributed by atoms with Gasteiger partial charge in [0.25, 0.3) is 5.56 Å². The summed E-state index contributed by atoms with van der Waals surface area (Å²) in [6, 6.07) is 0.336. The minimum atomic E-state index is -0.235. The van der Waals surface area contributed by atoms with Crippen LogP contribution in [0.25, 0.3) is 11.0 Å². The van der Waals surface area contributed by atoms with Crippen molar-refractivity contribution in [2.45, 2.75) is 39.3 Å². The van der Waals surface area contributed by atoms with Gasteiger partial charge in [-0.15, -0.1) is 0 Å². The van der Waals surface area contributed by atoms with Crippen LogP contribution in [0.15, 0.2) is 11.0 Å². The Kier molecular flexibility index (Phi) is 4.60. The average Bonchev–Trinajstić information content (AvgIpc) is 2.98. The smallest absolute Gasteiger partial charge is 0.263 e. The van der Waals surface area contributed by atoms with Crippen molar-refractivity contribution in [2.24, 2.45) is 0 Å². The normalized spacial score (nSPS) is 18.0. The van der Waals surface area contributed by atoms with E-state index in [4.69, 9.17) is 4.74 Å². The number of hydrogen-bond donors (Lipinski definition) is 2. The fourth-order valence-electron chi connectivity index (χ4n) is 2.88. The lowest BCUT2D eigenvalue weighted by Crippen LogP contribution is -2.45. The average molecular weight is 334 g/mol. The van der Waals surface area contributed by atoms with Crippen molar-refractivity contribution in [1.29, 1.82) is 0 Å². The van der Waals surface area contributed by atoms with Gasteiger partial charge >= 0.3 is 0 Å². The van der Waals surface area contributed by atoms with Gasteiger partial charge in [-0.3, -0.25) is 14.7 Å². The number of H-pyrrole nitrogens is 1. The van der Waals surface area contributed by atoms with E-state index in [1.807, 2.05) is 20.8 Å². The van der Waals surface area contributed by atoms with Crippen molar-refractivity contribution in [3.63, 3.8) is 0 Å². The number of ether oxygens (including phenoxy) is 1. The molecule has 1 aliphatic rings. The molecule has 0 amide bonds.